The number of amides is 2. The van der Waals surface area contributed by atoms with Crippen molar-refractivity contribution in [2.45, 2.75) is 89.6 Å². The molecule has 2 bridgehead atoms. The molecule has 0 radical (unpaired) electrons. The van der Waals surface area contributed by atoms with Crippen molar-refractivity contribution in [2.75, 3.05) is 7.11 Å². The first-order chi connectivity index (χ1) is 17.4. The number of aromatic nitrogens is 3. The molecule has 0 spiro atoms. The summed E-state index contributed by atoms with van der Waals surface area (Å²) in [6.45, 7) is 9.28. The fraction of sp³-hybridized carbons (Fsp3) is 0.593. The van der Waals surface area contributed by atoms with Gasteiger partial charge in [-0.2, -0.15) is 5.26 Å². The van der Waals surface area contributed by atoms with Crippen LogP contribution in [0.25, 0.3) is 5.69 Å². The molecule has 198 valence electrons. The van der Waals surface area contributed by atoms with Crippen LogP contribution in [0.1, 0.15) is 65.1 Å². The lowest BCUT2D eigenvalue weighted by molar-refractivity contribution is -0.128. The third-order valence-electron chi connectivity index (χ3n) is 7.19. The van der Waals surface area contributed by atoms with E-state index < -0.39 is 29.4 Å². The van der Waals surface area contributed by atoms with Gasteiger partial charge in [-0.25, -0.2) is 9.48 Å². The van der Waals surface area contributed by atoms with Crippen LogP contribution in [-0.4, -0.2) is 62.7 Å². The Balaban J connectivity index is 1.41. The number of likely N-dealkylation sites (tertiary alicyclic amines) is 1. The standard InChI is InChI=1S/C27H36N6O4/c1-26(2,3)37-25(35)33-21-12-9-18(14-21)23(33)24(34)29-19(15-28)13-17-7-10-20(11-8-17)32-16-22(30-31-32)27(4,5)36-6/h7-8,10-11,16,18-19,21,23H,9,12-14H2,1-6H3,(H,29,34). The molecular formula is C27H36N6O4. The predicted octanol–water partition coefficient (Wildman–Crippen LogP) is 3.49. The first kappa shape index (κ1) is 26.6. The molecule has 2 heterocycles. The Morgan fingerprint density at radius 2 is 1.89 bits per heavy atom. The van der Waals surface area contributed by atoms with E-state index in [4.69, 9.17) is 9.47 Å². The number of carbonyl (C=O) groups is 2. The van der Waals surface area contributed by atoms with Gasteiger partial charge in [-0.05, 0) is 77.5 Å². The molecule has 2 amide bonds. The fourth-order valence-corrected chi connectivity index (χ4v) is 5.08. The van der Waals surface area contributed by atoms with E-state index in [1.54, 1.807) is 16.7 Å². The van der Waals surface area contributed by atoms with Gasteiger partial charge in [0.15, 0.2) is 0 Å². The van der Waals surface area contributed by atoms with Crippen LogP contribution in [0, 0.1) is 17.2 Å². The van der Waals surface area contributed by atoms with Gasteiger partial charge in [-0.1, -0.05) is 17.3 Å². The third kappa shape index (κ3) is 5.77. The topological polar surface area (TPSA) is 122 Å². The maximum absolute atomic E-state index is 13.3. The van der Waals surface area contributed by atoms with Gasteiger partial charge >= 0.3 is 6.09 Å². The average molecular weight is 509 g/mol. The van der Waals surface area contributed by atoms with Crippen LogP contribution in [0.5, 0.6) is 0 Å². The molecule has 37 heavy (non-hydrogen) atoms. The number of hydrogen-bond donors (Lipinski definition) is 1. The van der Waals surface area contributed by atoms with E-state index in [0.717, 1.165) is 30.5 Å². The van der Waals surface area contributed by atoms with Crippen molar-refractivity contribution in [1.29, 1.82) is 5.26 Å². The summed E-state index contributed by atoms with van der Waals surface area (Å²) in [5.74, 6) is -0.205. The normalized spacial score (nSPS) is 22.0. The quantitative estimate of drug-likeness (QED) is 0.607. The highest BCUT2D eigenvalue weighted by molar-refractivity contribution is 5.87. The Bertz CT molecular complexity index is 1180. The third-order valence-corrected chi connectivity index (χ3v) is 7.19. The maximum atomic E-state index is 13.3. The molecule has 10 heteroatoms. The molecule has 2 aromatic rings. The average Bonchev–Trinajstić information content (AvgIpc) is 3.59. The predicted molar refractivity (Wildman–Crippen MR) is 136 cm³/mol. The van der Waals surface area contributed by atoms with E-state index in [0.29, 0.717) is 12.1 Å². The largest absolute Gasteiger partial charge is 0.444 e. The van der Waals surface area contributed by atoms with Gasteiger partial charge in [0.05, 0.1) is 18.0 Å². The molecule has 4 rings (SSSR count). The molecule has 4 unspecified atom stereocenters. The zero-order chi connectivity index (χ0) is 27.0. The van der Waals surface area contributed by atoms with Crippen molar-refractivity contribution in [1.82, 2.24) is 25.2 Å². The molecular weight excluding hydrogens is 472 g/mol. The number of benzene rings is 1. The smallest absolute Gasteiger partial charge is 0.411 e. The number of nitrogens with one attached hydrogen (secondary N) is 1. The molecule has 1 saturated heterocycles. The molecule has 1 aliphatic heterocycles. The summed E-state index contributed by atoms with van der Waals surface area (Å²) in [4.78, 5) is 27.7. The lowest BCUT2D eigenvalue weighted by Gasteiger charge is -2.35. The molecule has 1 aliphatic carbocycles. The van der Waals surface area contributed by atoms with E-state index in [2.05, 4.69) is 21.7 Å². The van der Waals surface area contributed by atoms with Crippen molar-refractivity contribution < 1.29 is 19.1 Å². The van der Waals surface area contributed by atoms with E-state index in [-0.39, 0.29) is 17.9 Å². The number of piperidine rings is 1. The lowest BCUT2D eigenvalue weighted by Crippen LogP contribution is -2.55. The summed E-state index contributed by atoms with van der Waals surface area (Å²) >= 11 is 0. The second kappa shape index (κ2) is 10.1. The van der Waals surface area contributed by atoms with Crippen LogP contribution < -0.4 is 5.32 Å². The Morgan fingerprint density at radius 3 is 2.51 bits per heavy atom. The maximum Gasteiger partial charge on any atom is 0.411 e. The summed E-state index contributed by atoms with van der Waals surface area (Å²) in [7, 11) is 1.63. The molecule has 1 aromatic heterocycles. The van der Waals surface area contributed by atoms with E-state index >= 15 is 0 Å². The van der Waals surface area contributed by atoms with Crippen molar-refractivity contribution in [3.63, 3.8) is 0 Å². The number of fused-ring (bicyclic) bond motifs is 2. The van der Waals surface area contributed by atoms with Crippen LogP contribution in [0.15, 0.2) is 30.5 Å². The number of nitrogens with zero attached hydrogens (tertiary/aromatic N) is 5. The highest BCUT2D eigenvalue weighted by atomic mass is 16.6. The van der Waals surface area contributed by atoms with Crippen LogP contribution in [0.4, 0.5) is 4.79 Å². The van der Waals surface area contributed by atoms with Gasteiger partial charge in [-0.3, -0.25) is 9.69 Å². The fourth-order valence-electron chi connectivity index (χ4n) is 5.08. The minimum atomic E-state index is -0.724. The number of carbonyl (C=O) groups excluding carboxylic acids is 2. The molecule has 4 atom stereocenters. The highest BCUT2D eigenvalue weighted by Gasteiger charge is 2.52. The van der Waals surface area contributed by atoms with Crippen LogP contribution in [0.3, 0.4) is 0 Å². The number of rotatable bonds is 7. The van der Waals surface area contributed by atoms with Gasteiger partial charge in [0, 0.05) is 19.6 Å². The minimum absolute atomic E-state index is 0.00967. The van der Waals surface area contributed by atoms with Crippen molar-refractivity contribution in [2.24, 2.45) is 5.92 Å². The first-order valence-corrected chi connectivity index (χ1v) is 12.7. The number of nitriles is 1. The number of ether oxygens (including phenoxy) is 2. The summed E-state index contributed by atoms with van der Waals surface area (Å²) in [5, 5.41) is 21.0. The minimum Gasteiger partial charge on any atom is -0.444 e. The molecule has 1 N–H and O–H groups in total. The Morgan fingerprint density at radius 1 is 1.19 bits per heavy atom. The van der Waals surface area contributed by atoms with Gasteiger partial charge in [0.2, 0.25) is 5.91 Å². The molecule has 2 fully saturated rings. The van der Waals surface area contributed by atoms with Crippen molar-refractivity contribution >= 4 is 12.0 Å². The Labute approximate surface area is 217 Å². The molecule has 10 nitrogen and oxygen atoms in total. The van der Waals surface area contributed by atoms with E-state index in [9.17, 15) is 14.9 Å². The zero-order valence-corrected chi connectivity index (χ0v) is 22.4. The second-order valence-corrected chi connectivity index (χ2v) is 11.4. The van der Waals surface area contributed by atoms with Gasteiger partial charge < -0.3 is 14.8 Å². The van der Waals surface area contributed by atoms with E-state index in [1.165, 1.54) is 0 Å². The molecule has 1 aromatic carbocycles. The first-order valence-electron chi connectivity index (χ1n) is 12.7. The van der Waals surface area contributed by atoms with Crippen molar-refractivity contribution in [3.8, 4) is 11.8 Å². The summed E-state index contributed by atoms with van der Waals surface area (Å²) < 4.78 is 12.7. The highest BCUT2D eigenvalue weighted by Crippen LogP contribution is 2.43. The van der Waals surface area contributed by atoms with Crippen LogP contribution in [0.2, 0.25) is 0 Å². The van der Waals surface area contributed by atoms with Gasteiger partial charge in [0.1, 0.15) is 29.0 Å². The Hall–Kier alpha value is -3.45. The SMILES string of the molecule is COC(C)(C)c1cn(-c2ccc(CC(C#N)NC(=O)C3C4CCC(C4)N3C(=O)OC(C)(C)C)cc2)nn1. The summed E-state index contributed by atoms with van der Waals surface area (Å²) in [6.07, 6.45) is 4.26. The van der Waals surface area contributed by atoms with Gasteiger partial charge in [-0.15, -0.1) is 5.10 Å². The number of methoxy groups -OCH3 is 1. The van der Waals surface area contributed by atoms with Crippen molar-refractivity contribution in [3.05, 3.63) is 41.7 Å². The Kier molecular flexibility index (Phi) is 7.29. The van der Waals surface area contributed by atoms with Gasteiger partial charge in [0.25, 0.3) is 0 Å². The van der Waals surface area contributed by atoms with E-state index in [1.807, 2.05) is 65.1 Å². The molecule has 2 aliphatic rings. The monoisotopic (exact) mass is 508 g/mol. The molecule has 1 saturated carbocycles. The lowest BCUT2D eigenvalue weighted by atomic mass is 9.97. The summed E-state index contributed by atoms with van der Waals surface area (Å²) in [6, 6.07) is 8.46. The van der Waals surface area contributed by atoms with Crippen LogP contribution >= 0.6 is 0 Å². The van der Waals surface area contributed by atoms with Crippen LogP contribution in [-0.2, 0) is 26.3 Å². The second-order valence-electron chi connectivity index (χ2n) is 11.4. The summed E-state index contributed by atoms with van der Waals surface area (Å²) in [5.41, 5.74) is 1.24. The number of hydrogen-bond acceptors (Lipinski definition) is 7. The zero-order valence-electron chi connectivity index (χ0n) is 22.4.